The Bertz CT molecular complexity index is 112. The first-order chi connectivity index (χ1) is 5.97. The van der Waals surface area contributed by atoms with E-state index in [2.05, 4.69) is 22.0 Å². The molecule has 2 fully saturated rings. The van der Waals surface area contributed by atoms with E-state index in [9.17, 15) is 0 Å². The second-order valence-electron chi connectivity index (χ2n) is 3.55. The Morgan fingerprint density at radius 3 is 2.67 bits per heavy atom. The molecule has 0 amide bonds. The van der Waals surface area contributed by atoms with E-state index in [0.717, 1.165) is 18.5 Å². The molecule has 0 spiro atoms. The Balaban J connectivity index is 1.80. The van der Waals surface area contributed by atoms with Crippen molar-refractivity contribution in [1.82, 2.24) is 10.2 Å². The van der Waals surface area contributed by atoms with Crippen LogP contribution in [0.25, 0.3) is 0 Å². The van der Waals surface area contributed by atoms with E-state index in [1.807, 2.05) is 0 Å². The van der Waals surface area contributed by atoms with Gasteiger partial charge in [-0.3, -0.25) is 4.90 Å². The zero-order valence-corrected chi connectivity index (χ0v) is 8.35. The Hall–Kier alpha value is 0.270. The van der Waals surface area contributed by atoms with Crippen molar-refractivity contribution in [3.05, 3.63) is 0 Å². The molecule has 2 saturated heterocycles. The number of nitrogens with zero attached hydrogens (tertiary/aromatic N) is 2. The van der Waals surface area contributed by atoms with Crippen LogP contribution in [0.5, 0.6) is 0 Å². The maximum atomic E-state index is 4.47. The molecule has 0 aliphatic carbocycles. The lowest BCUT2D eigenvalue weighted by molar-refractivity contribution is 0.208. The van der Waals surface area contributed by atoms with Gasteiger partial charge in [-0.05, 0) is 25.9 Å². The third-order valence-electron chi connectivity index (χ3n) is 2.64. The fraction of sp³-hybridized carbons (Fsp3) is 1.00. The summed E-state index contributed by atoms with van der Waals surface area (Å²) in [6, 6.07) is 0. The van der Waals surface area contributed by atoms with Gasteiger partial charge in [0.1, 0.15) is 0 Å². The lowest BCUT2D eigenvalue weighted by atomic mass is 10.1. The van der Waals surface area contributed by atoms with Crippen LogP contribution in [0.3, 0.4) is 0 Å². The fourth-order valence-corrected chi connectivity index (χ4v) is 3.07. The molecule has 12 heavy (non-hydrogen) atoms. The molecule has 1 atom stereocenters. The molecule has 0 aromatic rings. The highest BCUT2D eigenvalue weighted by Crippen LogP contribution is 2.22. The average Bonchev–Trinajstić information content (AvgIpc) is 2.21. The highest BCUT2D eigenvalue weighted by Gasteiger charge is 2.22. The zero-order valence-electron chi connectivity index (χ0n) is 7.54. The van der Waals surface area contributed by atoms with Gasteiger partial charge in [0, 0.05) is 18.8 Å². The number of likely N-dealkylation sites (tertiary alicyclic amines) is 1. The standard InChI is InChI=1S/C9H17N2S/c1-2-5-11(6-3-1)9-8-10-4-7-12-9/h9H,1-8H2. The van der Waals surface area contributed by atoms with E-state index in [4.69, 9.17) is 0 Å². The summed E-state index contributed by atoms with van der Waals surface area (Å²) in [5.74, 6) is 1.24. The fourth-order valence-electron chi connectivity index (χ4n) is 1.93. The van der Waals surface area contributed by atoms with Gasteiger partial charge in [-0.2, -0.15) is 0 Å². The Morgan fingerprint density at radius 2 is 2.00 bits per heavy atom. The van der Waals surface area contributed by atoms with Crippen molar-refractivity contribution in [3.8, 4) is 0 Å². The van der Waals surface area contributed by atoms with Crippen molar-refractivity contribution in [3.63, 3.8) is 0 Å². The lowest BCUT2D eigenvalue weighted by Gasteiger charge is -2.35. The molecule has 2 aliphatic rings. The van der Waals surface area contributed by atoms with Gasteiger partial charge in [-0.15, -0.1) is 11.8 Å². The minimum absolute atomic E-state index is 0.721. The van der Waals surface area contributed by atoms with Crippen LogP contribution in [0, 0.1) is 0 Å². The second kappa shape index (κ2) is 4.49. The number of hydrogen-bond acceptors (Lipinski definition) is 2. The summed E-state index contributed by atoms with van der Waals surface area (Å²) in [5, 5.41) is 5.19. The third kappa shape index (κ3) is 2.15. The van der Waals surface area contributed by atoms with Crippen LogP contribution >= 0.6 is 11.8 Å². The van der Waals surface area contributed by atoms with Crippen LogP contribution in [0.1, 0.15) is 19.3 Å². The molecule has 1 unspecified atom stereocenters. The minimum Gasteiger partial charge on any atom is -0.290 e. The first-order valence-corrected chi connectivity index (χ1v) is 6.00. The summed E-state index contributed by atoms with van der Waals surface area (Å²) < 4.78 is 0. The smallest absolute Gasteiger partial charge is 0.0700 e. The highest BCUT2D eigenvalue weighted by atomic mass is 32.2. The molecule has 0 aromatic carbocycles. The maximum absolute atomic E-state index is 4.47. The van der Waals surface area contributed by atoms with Gasteiger partial charge in [-0.1, -0.05) is 6.42 Å². The van der Waals surface area contributed by atoms with Crippen molar-refractivity contribution in [1.29, 1.82) is 0 Å². The van der Waals surface area contributed by atoms with Gasteiger partial charge in [0.05, 0.1) is 5.37 Å². The molecule has 0 saturated carbocycles. The minimum atomic E-state index is 0.721. The van der Waals surface area contributed by atoms with Crippen LogP contribution in [-0.4, -0.2) is 42.2 Å². The molecule has 69 valence electrons. The van der Waals surface area contributed by atoms with E-state index in [1.54, 1.807) is 0 Å². The van der Waals surface area contributed by atoms with E-state index < -0.39 is 0 Å². The van der Waals surface area contributed by atoms with Gasteiger partial charge in [-0.25, -0.2) is 5.32 Å². The van der Waals surface area contributed by atoms with Crippen LogP contribution in [0.15, 0.2) is 0 Å². The monoisotopic (exact) mass is 185 g/mol. The number of hydrogen-bond donors (Lipinski definition) is 0. The van der Waals surface area contributed by atoms with Crippen LogP contribution < -0.4 is 5.32 Å². The average molecular weight is 185 g/mol. The lowest BCUT2D eigenvalue weighted by Crippen LogP contribution is -2.44. The summed E-state index contributed by atoms with van der Waals surface area (Å²) in [5.41, 5.74) is 0. The van der Waals surface area contributed by atoms with E-state index in [-0.39, 0.29) is 0 Å². The number of piperidine rings is 1. The van der Waals surface area contributed by atoms with Crippen molar-refractivity contribution >= 4 is 11.8 Å². The second-order valence-corrected chi connectivity index (χ2v) is 4.84. The summed E-state index contributed by atoms with van der Waals surface area (Å²) in [6.45, 7) is 4.78. The Labute approximate surface area is 79.1 Å². The zero-order chi connectivity index (χ0) is 8.23. The van der Waals surface area contributed by atoms with Gasteiger partial charge >= 0.3 is 0 Å². The molecule has 2 aliphatic heterocycles. The molecule has 2 nitrogen and oxygen atoms in total. The van der Waals surface area contributed by atoms with Crippen LogP contribution in [0.4, 0.5) is 0 Å². The topological polar surface area (TPSA) is 17.3 Å². The molecule has 2 rings (SSSR count). The Morgan fingerprint density at radius 1 is 1.17 bits per heavy atom. The first kappa shape index (κ1) is 8.85. The van der Waals surface area contributed by atoms with Crippen molar-refractivity contribution in [2.75, 3.05) is 31.9 Å². The summed E-state index contributed by atoms with van der Waals surface area (Å²) in [4.78, 5) is 2.62. The summed E-state index contributed by atoms with van der Waals surface area (Å²) >= 11 is 2.10. The number of rotatable bonds is 1. The molecule has 0 aromatic heterocycles. The molecule has 0 bridgehead atoms. The van der Waals surface area contributed by atoms with Gasteiger partial charge < -0.3 is 0 Å². The predicted octanol–water partition coefficient (Wildman–Crippen LogP) is 1.15. The molecular weight excluding hydrogens is 168 g/mol. The molecule has 3 heteroatoms. The maximum Gasteiger partial charge on any atom is 0.0700 e. The normalized spacial score (nSPS) is 33.5. The third-order valence-corrected chi connectivity index (χ3v) is 3.89. The largest absolute Gasteiger partial charge is 0.290 e. The van der Waals surface area contributed by atoms with E-state index in [1.165, 1.54) is 38.1 Å². The van der Waals surface area contributed by atoms with E-state index >= 15 is 0 Å². The Kier molecular flexibility index (Phi) is 3.31. The SMILES string of the molecule is C1CCN(C2C[N]CCS2)CC1. The molecule has 0 N–H and O–H groups in total. The quantitative estimate of drug-likeness (QED) is 0.610. The van der Waals surface area contributed by atoms with Gasteiger partial charge in [0.25, 0.3) is 0 Å². The van der Waals surface area contributed by atoms with E-state index in [0.29, 0.717) is 0 Å². The summed E-state index contributed by atoms with van der Waals surface area (Å²) in [7, 11) is 0. The van der Waals surface area contributed by atoms with Crippen LogP contribution in [-0.2, 0) is 0 Å². The molecule has 1 radical (unpaired) electrons. The van der Waals surface area contributed by atoms with Crippen molar-refractivity contribution < 1.29 is 0 Å². The summed E-state index contributed by atoms with van der Waals surface area (Å²) in [6.07, 6.45) is 4.24. The molecule has 2 heterocycles. The number of thioether (sulfide) groups is 1. The highest BCUT2D eigenvalue weighted by molar-refractivity contribution is 7.99. The van der Waals surface area contributed by atoms with Gasteiger partial charge in [0.15, 0.2) is 0 Å². The predicted molar refractivity (Wildman–Crippen MR) is 53.5 cm³/mol. The van der Waals surface area contributed by atoms with Crippen molar-refractivity contribution in [2.45, 2.75) is 24.6 Å². The molecular formula is C9H17N2S. The van der Waals surface area contributed by atoms with Crippen LogP contribution in [0.2, 0.25) is 0 Å². The van der Waals surface area contributed by atoms with Gasteiger partial charge in [0.2, 0.25) is 0 Å². The first-order valence-electron chi connectivity index (χ1n) is 4.96. The van der Waals surface area contributed by atoms with Crippen molar-refractivity contribution in [2.24, 2.45) is 0 Å².